The summed E-state index contributed by atoms with van der Waals surface area (Å²) in [6.45, 7) is 2.06. The molecule has 3 N–H and O–H groups in total. The minimum Gasteiger partial charge on any atom is -0.469 e. The van der Waals surface area contributed by atoms with Crippen molar-refractivity contribution in [1.29, 1.82) is 0 Å². The number of nitrogens with two attached hydrogens (primary N) is 1. The van der Waals surface area contributed by atoms with E-state index in [1.165, 1.54) is 7.11 Å². The SMILES string of the molecule is COC(=O)CCCNC(=O)C(C)(N)c1ccccc1.Cl. The monoisotopic (exact) mass is 300 g/mol. The largest absolute Gasteiger partial charge is 0.469 e. The van der Waals surface area contributed by atoms with Crippen molar-refractivity contribution in [3.05, 3.63) is 35.9 Å². The fraction of sp³-hybridized carbons (Fsp3) is 0.429. The molecule has 1 aromatic rings. The Bertz CT molecular complexity index is 435. The van der Waals surface area contributed by atoms with E-state index in [1.807, 2.05) is 30.3 Å². The Balaban J connectivity index is 0.00000361. The van der Waals surface area contributed by atoms with Gasteiger partial charge in [-0.05, 0) is 18.9 Å². The van der Waals surface area contributed by atoms with Gasteiger partial charge in [0.2, 0.25) is 5.91 Å². The predicted octanol–water partition coefficient (Wildman–Crippen LogP) is 1.35. The van der Waals surface area contributed by atoms with Crippen LogP contribution in [0.5, 0.6) is 0 Å². The molecule has 5 nitrogen and oxygen atoms in total. The Morgan fingerprint density at radius 3 is 2.45 bits per heavy atom. The Labute approximate surface area is 125 Å². The highest BCUT2D eigenvalue weighted by Gasteiger charge is 2.29. The van der Waals surface area contributed by atoms with Crippen molar-refractivity contribution in [1.82, 2.24) is 5.32 Å². The molecule has 1 amide bonds. The summed E-state index contributed by atoms with van der Waals surface area (Å²) in [6, 6.07) is 9.17. The van der Waals surface area contributed by atoms with Crippen LogP contribution < -0.4 is 11.1 Å². The number of hydrogen-bond acceptors (Lipinski definition) is 4. The van der Waals surface area contributed by atoms with Crippen molar-refractivity contribution in [2.24, 2.45) is 5.73 Å². The van der Waals surface area contributed by atoms with Gasteiger partial charge in [0.15, 0.2) is 0 Å². The van der Waals surface area contributed by atoms with Crippen molar-refractivity contribution in [2.45, 2.75) is 25.3 Å². The van der Waals surface area contributed by atoms with Gasteiger partial charge in [0.25, 0.3) is 0 Å². The number of hydrogen-bond donors (Lipinski definition) is 2. The average Bonchev–Trinajstić information content (AvgIpc) is 2.43. The van der Waals surface area contributed by atoms with Crippen LogP contribution in [-0.4, -0.2) is 25.5 Å². The molecule has 0 aliphatic carbocycles. The number of esters is 1. The Morgan fingerprint density at radius 1 is 1.30 bits per heavy atom. The lowest BCUT2D eigenvalue weighted by atomic mass is 9.92. The van der Waals surface area contributed by atoms with Gasteiger partial charge in [-0.3, -0.25) is 9.59 Å². The highest BCUT2D eigenvalue weighted by atomic mass is 35.5. The van der Waals surface area contributed by atoms with Crippen molar-refractivity contribution < 1.29 is 14.3 Å². The number of ether oxygens (including phenoxy) is 1. The van der Waals surface area contributed by atoms with Crippen LogP contribution in [0.3, 0.4) is 0 Å². The summed E-state index contributed by atoms with van der Waals surface area (Å²) in [6.07, 6.45) is 0.812. The van der Waals surface area contributed by atoms with E-state index in [-0.39, 0.29) is 30.7 Å². The summed E-state index contributed by atoms with van der Waals surface area (Å²) in [4.78, 5) is 22.9. The molecule has 112 valence electrons. The van der Waals surface area contributed by atoms with Gasteiger partial charge in [0, 0.05) is 13.0 Å². The number of carbonyl (C=O) groups is 2. The quantitative estimate of drug-likeness (QED) is 0.614. The third kappa shape index (κ3) is 5.19. The van der Waals surface area contributed by atoms with Gasteiger partial charge in [-0.2, -0.15) is 0 Å². The molecule has 1 aromatic carbocycles. The van der Waals surface area contributed by atoms with Gasteiger partial charge in [-0.1, -0.05) is 30.3 Å². The first kappa shape index (κ1) is 18.4. The van der Waals surface area contributed by atoms with Crippen molar-refractivity contribution >= 4 is 24.3 Å². The highest BCUT2D eigenvalue weighted by molar-refractivity contribution is 5.87. The van der Waals surface area contributed by atoms with Crippen LogP contribution in [0.15, 0.2) is 30.3 Å². The number of halogens is 1. The normalized spacial score (nSPS) is 12.8. The second-order valence-corrected chi connectivity index (χ2v) is 4.50. The van der Waals surface area contributed by atoms with E-state index in [9.17, 15) is 9.59 Å². The second-order valence-electron chi connectivity index (χ2n) is 4.50. The topological polar surface area (TPSA) is 81.4 Å². The molecule has 1 atom stereocenters. The minimum absolute atomic E-state index is 0. The molecule has 0 heterocycles. The maximum atomic E-state index is 12.0. The molecule has 20 heavy (non-hydrogen) atoms. The molecule has 0 saturated heterocycles. The van der Waals surface area contributed by atoms with Gasteiger partial charge in [-0.15, -0.1) is 12.4 Å². The zero-order valence-electron chi connectivity index (χ0n) is 11.7. The summed E-state index contributed by atoms with van der Waals surface area (Å²) < 4.78 is 4.52. The summed E-state index contributed by atoms with van der Waals surface area (Å²) in [5, 5.41) is 2.73. The molecule has 6 heteroatoms. The van der Waals surface area contributed by atoms with Gasteiger partial charge in [0.1, 0.15) is 5.54 Å². The van der Waals surface area contributed by atoms with E-state index >= 15 is 0 Å². The Hall–Kier alpha value is -1.59. The van der Waals surface area contributed by atoms with Crippen molar-refractivity contribution in [2.75, 3.05) is 13.7 Å². The van der Waals surface area contributed by atoms with Crippen LogP contribution in [0.25, 0.3) is 0 Å². The van der Waals surface area contributed by atoms with Gasteiger partial charge in [-0.25, -0.2) is 0 Å². The molecular formula is C14H21ClN2O3. The number of amides is 1. The standard InChI is InChI=1S/C14H20N2O3.ClH/c1-14(15,11-7-4-3-5-8-11)13(18)16-10-6-9-12(17)19-2;/h3-5,7-8H,6,9-10,15H2,1-2H3,(H,16,18);1H. The Kier molecular flexibility index (Phi) is 7.87. The zero-order chi connectivity index (χ0) is 14.3. The zero-order valence-corrected chi connectivity index (χ0v) is 12.5. The van der Waals surface area contributed by atoms with Crippen molar-refractivity contribution in [3.8, 4) is 0 Å². The number of benzene rings is 1. The molecule has 1 rings (SSSR count). The molecule has 0 radical (unpaired) electrons. The van der Waals surface area contributed by atoms with E-state index < -0.39 is 5.54 Å². The molecular weight excluding hydrogens is 280 g/mol. The summed E-state index contributed by atoms with van der Waals surface area (Å²) >= 11 is 0. The number of methoxy groups -OCH3 is 1. The summed E-state index contributed by atoms with van der Waals surface area (Å²) in [5.74, 6) is -0.545. The third-order valence-corrected chi connectivity index (χ3v) is 2.92. The molecule has 0 saturated carbocycles. The van der Waals surface area contributed by atoms with Crippen LogP contribution in [0.1, 0.15) is 25.3 Å². The second kappa shape index (κ2) is 8.55. The predicted molar refractivity (Wildman–Crippen MR) is 79.5 cm³/mol. The lowest BCUT2D eigenvalue weighted by Gasteiger charge is -2.24. The van der Waals surface area contributed by atoms with Crippen LogP contribution in [-0.2, 0) is 19.9 Å². The lowest BCUT2D eigenvalue weighted by Crippen LogP contribution is -2.49. The number of carbonyl (C=O) groups excluding carboxylic acids is 2. The van der Waals surface area contributed by atoms with E-state index in [2.05, 4.69) is 10.1 Å². The van der Waals surface area contributed by atoms with Crippen molar-refractivity contribution in [3.63, 3.8) is 0 Å². The molecule has 0 aliphatic rings. The van der Waals surface area contributed by atoms with Crippen LogP contribution in [0, 0.1) is 0 Å². The molecule has 0 fully saturated rings. The lowest BCUT2D eigenvalue weighted by molar-refractivity contribution is -0.140. The van der Waals surface area contributed by atoms with E-state index in [4.69, 9.17) is 5.73 Å². The summed E-state index contributed by atoms with van der Waals surface area (Å²) in [7, 11) is 1.34. The minimum atomic E-state index is -1.08. The van der Waals surface area contributed by atoms with E-state index in [1.54, 1.807) is 6.92 Å². The van der Waals surface area contributed by atoms with Gasteiger partial charge < -0.3 is 15.8 Å². The fourth-order valence-corrected chi connectivity index (χ4v) is 1.64. The van der Waals surface area contributed by atoms with Crippen LogP contribution >= 0.6 is 12.4 Å². The van der Waals surface area contributed by atoms with E-state index in [0.717, 1.165) is 5.56 Å². The molecule has 0 spiro atoms. The first-order chi connectivity index (χ1) is 8.98. The highest BCUT2D eigenvalue weighted by Crippen LogP contribution is 2.17. The summed E-state index contributed by atoms with van der Waals surface area (Å²) in [5.41, 5.74) is 5.72. The first-order valence-corrected chi connectivity index (χ1v) is 6.18. The maximum Gasteiger partial charge on any atom is 0.305 e. The van der Waals surface area contributed by atoms with Gasteiger partial charge >= 0.3 is 5.97 Å². The van der Waals surface area contributed by atoms with Crippen LogP contribution in [0.4, 0.5) is 0 Å². The molecule has 1 unspecified atom stereocenters. The molecule has 0 aliphatic heterocycles. The van der Waals surface area contributed by atoms with Gasteiger partial charge in [0.05, 0.1) is 7.11 Å². The number of rotatable bonds is 6. The van der Waals surface area contributed by atoms with E-state index in [0.29, 0.717) is 13.0 Å². The average molecular weight is 301 g/mol. The number of nitrogens with one attached hydrogen (secondary N) is 1. The first-order valence-electron chi connectivity index (χ1n) is 6.18. The smallest absolute Gasteiger partial charge is 0.305 e. The molecule has 0 aromatic heterocycles. The molecule has 0 bridgehead atoms. The fourth-order valence-electron chi connectivity index (χ4n) is 1.64. The maximum absolute atomic E-state index is 12.0. The third-order valence-electron chi connectivity index (χ3n) is 2.92. The van der Waals surface area contributed by atoms with Crippen LogP contribution in [0.2, 0.25) is 0 Å². The Morgan fingerprint density at radius 2 is 1.90 bits per heavy atom.